The van der Waals surface area contributed by atoms with E-state index in [0.29, 0.717) is 16.6 Å². The monoisotopic (exact) mass is 437 g/mol. The van der Waals surface area contributed by atoms with Crippen LogP contribution in [0.15, 0.2) is 39.3 Å². The van der Waals surface area contributed by atoms with Crippen molar-refractivity contribution in [3.05, 3.63) is 54.9 Å². The lowest BCUT2D eigenvalue weighted by Gasteiger charge is -2.13. The van der Waals surface area contributed by atoms with Gasteiger partial charge in [-0.2, -0.15) is 0 Å². The van der Waals surface area contributed by atoms with Gasteiger partial charge in [-0.1, -0.05) is 39.1 Å². The van der Waals surface area contributed by atoms with Gasteiger partial charge in [0.15, 0.2) is 0 Å². The first-order valence-electron chi connectivity index (χ1n) is 5.71. The number of ether oxygens (including phenoxy) is 1. The Morgan fingerprint density at radius 3 is 2.30 bits per heavy atom. The Morgan fingerprint density at radius 1 is 1.05 bits per heavy atom. The van der Waals surface area contributed by atoms with Gasteiger partial charge in [0, 0.05) is 32.3 Å². The Morgan fingerprint density at radius 2 is 1.70 bits per heavy atom. The second-order valence-electron chi connectivity index (χ2n) is 4.09. The molecule has 0 radical (unpaired) electrons. The van der Waals surface area contributed by atoms with Crippen molar-refractivity contribution < 1.29 is 4.74 Å². The predicted molar refractivity (Wildman–Crippen MR) is 92.2 cm³/mol. The molecule has 0 bridgehead atoms. The van der Waals surface area contributed by atoms with E-state index in [-0.39, 0.29) is 0 Å². The molecule has 0 amide bonds. The van der Waals surface area contributed by atoms with Gasteiger partial charge in [-0.15, -0.1) is 0 Å². The minimum atomic E-state index is 0.595. The number of anilines is 1. The SMILES string of the molecule is COc1c(Br)cc(Br)cc1CNc1cc(Cl)cc(Cl)c1. The molecule has 0 saturated carbocycles. The normalized spacial score (nSPS) is 10.4. The van der Waals surface area contributed by atoms with Crippen LogP contribution < -0.4 is 10.1 Å². The lowest BCUT2D eigenvalue weighted by atomic mass is 10.2. The van der Waals surface area contributed by atoms with Crippen LogP contribution in [-0.4, -0.2) is 7.11 Å². The summed E-state index contributed by atoms with van der Waals surface area (Å²) in [5.41, 5.74) is 1.88. The van der Waals surface area contributed by atoms with Crippen LogP contribution in [0.5, 0.6) is 5.75 Å². The van der Waals surface area contributed by atoms with Crippen molar-refractivity contribution in [1.82, 2.24) is 0 Å². The Hall–Kier alpha value is -0.420. The molecule has 0 heterocycles. The van der Waals surface area contributed by atoms with Crippen molar-refractivity contribution in [2.45, 2.75) is 6.54 Å². The van der Waals surface area contributed by atoms with Crippen molar-refractivity contribution >= 4 is 60.7 Å². The summed E-state index contributed by atoms with van der Waals surface area (Å²) in [6.45, 7) is 0.595. The Kier molecular flexibility index (Phi) is 5.61. The highest BCUT2D eigenvalue weighted by molar-refractivity contribution is 9.11. The van der Waals surface area contributed by atoms with Gasteiger partial charge in [0.1, 0.15) is 5.75 Å². The molecule has 0 saturated heterocycles. The number of hydrogen-bond donors (Lipinski definition) is 1. The van der Waals surface area contributed by atoms with Gasteiger partial charge < -0.3 is 10.1 Å². The van der Waals surface area contributed by atoms with E-state index >= 15 is 0 Å². The van der Waals surface area contributed by atoms with Gasteiger partial charge in [0.25, 0.3) is 0 Å². The molecule has 6 heteroatoms. The van der Waals surface area contributed by atoms with E-state index in [9.17, 15) is 0 Å². The van der Waals surface area contributed by atoms with Crippen LogP contribution >= 0.6 is 55.1 Å². The zero-order chi connectivity index (χ0) is 14.7. The lowest BCUT2D eigenvalue weighted by molar-refractivity contribution is 0.407. The van der Waals surface area contributed by atoms with Crippen molar-refractivity contribution in [2.75, 3.05) is 12.4 Å². The summed E-state index contributed by atoms with van der Waals surface area (Å²) < 4.78 is 7.28. The molecule has 0 spiro atoms. The first-order valence-corrected chi connectivity index (χ1v) is 8.05. The number of nitrogens with one attached hydrogen (secondary N) is 1. The average molecular weight is 440 g/mol. The fourth-order valence-electron chi connectivity index (χ4n) is 1.83. The number of hydrogen-bond acceptors (Lipinski definition) is 2. The molecule has 0 fully saturated rings. The zero-order valence-electron chi connectivity index (χ0n) is 10.5. The highest BCUT2D eigenvalue weighted by Gasteiger charge is 2.09. The first kappa shape index (κ1) is 16.0. The smallest absolute Gasteiger partial charge is 0.138 e. The summed E-state index contributed by atoms with van der Waals surface area (Å²) in [5, 5.41) is 4.48. The molecule has 0 unspecified atom stereocenters. The van der Waals surface area contributed by atoms with Gasteiger partial charge in [-0.3, -0.25) is 0 Å². The van der Waals surface area contributed by atoms with Crippen LogP contribution in [0.1, 0.15) is 5.56 Å². The van der Waals surface area contributed by atoms with E-state index in [1.54, 1.807) is 13.2 Å². The maximum Gasteiger partial charge on any atom is 0.138 e. The van der Waals surface area contributed by atoms with E-state index in [1.165, 1.54) is 0 Å². The van der Waals surface area contributed by atoms with Crippen molar-refractivity contribution in [1.29, 1.82) is 0 Å². The Labute approximate surface area is 144 Å². The fourth-order valence-corrected chi connectivity index (χ4v) is 3.83. The molecular formula is C14H11Br2Cl2NO. The van der Waals surface area contributed by atoms with E-state index in [1.807, 2.05) is 24.3 Å². The number of halogens is 4. The van der Waals surface area contributed by atoms with E-state index in [2.05, 4.69) is 37.2 Å². The van der Waals surface area contributed by atoms with E-state index < -0.39 is 0 Å². The standard InChI is InChI=1S/C14H11Br2Cl2NO/c1-20-14-8(2-9(15)3-13(14)16)7-19-12-5-10(17)4-11(18)6-12/h2-6,19H,7H2,1H3. The van der Waals surface area contributed by atoms with Crippen LogP contribution in [0.3, 0.4) is 0 Å². The van der Waals surface area contributed by atoms with E-state index in [4.69, 9.17) is 27.9 Å². The largest absolute Gasteiger partial charge is 0.495 e. The minimum absolute atomic E-state index is 0.595. The fraction of sp³-hybridized carbons (Fsp3) is 0.143. The number of rotatable bonds is 4. The third-order valence-electron chi connectivity index (χ3n) is 2.63. The van der Waals surface area contributed by atoms with Crippen molar-refractivity contribution in [3.8, 4) is 5.75 Å². The van der Waals surface area contributed by atoms with Crippen molar-refractivity contribution in [3.63, 3.8) is 0 Å². The lowest BCUT2D eigenvalue weighted by Crippen LogP contribution is -2.02. The highest BCUT2D eigenvalue weighted by Crippen LogP contribution is 2.33. The van der Waals surface area contributed by atoms with Gasteiger partial charge >= 0.3 is 0 Å². The number of methoxy groups -OCH3 is 1. The predicted octanol–water partition coefficient (Wildman–Crippen LogP) is 6.14. The van der Waals surface area contributed by atoms with Crippen LogP contribution in [0.2, 0.25) is 10.0 Å². The molecule has 106 valence electrons. The molecule has 0 aromatic heterocycles. The highest BCUT2D eigenvalue weighted by atomic mass is 79.9. The van der Waals surface area contributed by atoms with Gasteiger partial charge in [0.05, 0.1) is 11.6 Å². The Balaban J connectivity index is 2.22. The van der Waals surface area contributed by atoms with Crippen LogP contribution in [0, 0.1) is 0 Å². The van der Waals surface area contributed by atoms with E-state index in [0.717, 1.165) is 25.9 Å². The van der Waals surface area contributed by atoms with Crippen LogP contribution in [0.4, 0.5) is 5.69 Å². The molecule has 0 aliphatic rings. The molecule has 2 rings (SSSR count). The molecule has 1 N–H and O–H groups in total. The summed E-state index contributed by atoms with van der Waals surface area (Å²) >= 11 is 18.9. The third kappa shape index (κ3) is 4.04. The summed E-state index contributed by atoms with van der Waals surface area (Å²) in [4.78, 5) is 0. The van der Waals surface area contributed by atoms with Gasteiger partial charge in [-0.05, 0) is 46.3 Å². The molecule has 2 aromatic carbocycles. The van der Waals surface area contributed by atoms with Crippen LogP contribution in [-0.2, 0) is 6.54 Å². The van der Waals surface area contributed by atoms with Crippen LogP contribution in [0.25, 0.3) is 0 Å². The third-order valence-corrected chi connectivity index (χ3v) is 4.12. The summed E-state index contributed by atoms with van der Waals surface area (Å²) in [7, 11) is 1.65. The maximum atomic E-state index is 5.98. The number of benzene rings is 2. The summed E-state index contributed by atoms with van der Waals surface area (Å²) in [6, 6.07) is 9.30. The van der Waals surface area contributed by atoms with Gasteiger partial charge in [0.2, 0.25) is 0 Å². The quantitative estimate of drug-likeness (QED) is 0.617. The van der Waals surface area contributed by atoms with Gasteiger partial charge in [-0.25, -0.2) is 0 Å². The molecule has 2 nitrogen and oxygen atoms in total. The summed E-state index contributed by atoms with van der Waals surface area (Å²) in [6.07, 6.45) is 0. The van der Waals surface area contributed by atoms with Crippen molar-refractivity contribution in [2.24, 2.45) is 0 Å². The molecule has 20 heavy (non-hydrogen) atoms. The summed E-state index contributed by atoms with van der Waals surface area (Å²) in [5.74, 6) is 0.800. The second kappa shape index (κ2) is 7.03. The minimum Gasteiger partial charge on any atom is -0.495 e. The molecule has 2 aromatic rings. The molecular weight excluding hydrogens is 429 g/mol. The average Bonchev–Trinajstić information content (AvgIpc) is 2.34. The first-order chi connectivity index (χ1) is 9.49. The molecule has 0 atom stereocenters. The Bertz CT molecular complexity index is 615. The topological polar surface area (TPSA) is 21.3 Å². The molecule has 0 aliphatic carbocycles. The zero-order valence-corrected chi connectivity index (χ0v) is 15.2. The molecule has 0 aliphatic heterocycles. The second-order valence-corrected chi connectivity index (χ2v) is 6.73. The maximum absolute atomic E-state index is 5.98.